The van der Waals surface area contributed by atoms with Gasteiger partial charge in [0.1, 0.15) is 7.85 Å². The normalized spacial score (nSPS) is 27.2. The van der Waals surface area contributed by atoms with Gasteiger partial charge in [-0.1, -0.05) is 50.8 Å². The first-order valence-electron chi connectivity index (χ1n) is 4.21. The van der Waals surface area contributed by atoms with Crippen LogP contribution in [0, 0.1) is 0 Å². The quantitative estimate of drug-likeness (QED) is 0.343. The first kappa shape index (κ1) is 7.18. The summed E-state index contributed by atoms with van der Waals surface area (Å²) >= 11 is 0. The van der Waals surface area contributed by atoms with Crippen molar-refractivity contribution in [3.63, 3.8) is 0 Å². The van der Waals surface area contributed by atoms with E-state index >= 15 is 0 Å². The van der Waals surface area contributed by atoms with Crippen LogP contribution in [0.15, 0.2) is 0 Å². The van der Waals surface area contributed by atoms with Crippen molar-refractivity contribution in [2.24, 2.45) is 0 Å². The van der Waals surface area contributed by atoms with Crippen LogP contribution in [-0.2, 0) is 0 Å². The number of rotatable bonds is 0. The van der Waals surface area contributed by atoms with Crippen LogP contribution in [0.3, 0.4) is 0 Å². The van der Waals surface area contributed by atoms with E-state index < -0.39 is 0 Å². The zero-order valence-corrected chi connectivity index (χ0v) is 6.74. The molecule has 0 spiro atoms. The molecular formula is C8H17B. The summed E-state index contributed by atoms with van der Waals surface area (Å²) in [5.41, 5.74) is 0. The maximum atomic E-state index is 2.40. The molecule has 0 amide bonds. The van der Waals surface area contributed by atoms with E-state index in [-0.39, 0.29) is 0 Å². The van der Waals surface area contributed by atoms with Gasteiger partial charge < -0.3 is 0 Å². The smallest absolute Gasteiger partial charge is 0.0669 e. The van der Waals surface area contributed by atoms with Gasteiger partial charge in [0.15, 0.2) is 0 Å². The summed E-state index contributed by atoms with van der Waals surface area (Å²) in [4.78, 5) is 0. The molecule has 9 heavy (non-hydrogen) atoms. The van der Waals surface area contributed by atoms with Crippen molar-refractivity contribution < 1.29 is 0 Å². The second kappa shape index (κ2) is 2.77. The molecule has 0 atom stereocenters. The summed E-state index contributed by atoms with van der Waals surface area (Å²) in [6, 6.07) is 0. The van der Waals surface area contributed by atoms with Crippen molar-refractivity contribution in [1.29, 1.82) is 0 Å². The fourth-order valence-corrected chi connectivity index (χ4v) is 1.69. The summed E-state index contributed by atoms with van der Waals surface area (Å²) in [6.07, 6.45) is 8.78. The van der Waals surface area contributed by atoms with Crippen LogP contribution in [0.1, 0.15) is 45.4 Å². The molecule has 1 heteroatoms. The van der Waals surface area contributed by atoms with Crippen molar-refractivity contribution in [1.82, 2.24) is 0 Å². The molecule has 0 N–H and O–H groups in total. The van der Waals surface area contributed by atoms with Crippen LogP contribution in [0.4, 0.5) is 0 Å². The van der Waals surface area contributed by atoms with Crippen LogP contribution < -0.4 is 0 Å². The molecule has 1 aliphatic rings. The van der Waals surface area contributed by atoms with Gasteiger partial charge in [-0.25, -0.2) is 0 Å². The second-order valence-corrected chi connectivity index (χ2v) is 4.08. The summed E-state index contributed by atoms with van der Waals surface area (Å²) in [5.74, 6) is 0. The highest BCUT2D eigenvalue weighted by molar-refractivity contribution is 6.14. The molecule has 0 nitrogen and oxygen atoms in total. The van der Waals surface area contributed by atoms with Crippen LogP contribution in [0.25, 0.3) is 0 Å². The third-order valence-corrected chi connectivity index (χ3v) is 2.46. The van der Waals surface area contributed by atoms with Gasteiger partial charge in [-0.15, -0.1) is 0 Å². The van der Waals surface area contributed by atoms with Crippen LogP contribution >= 0.6 is 0 Å². The Bertz CT molecular complexity index is 76.6. The van der Waals surface area contributed by atoms with Gasteiger partial charge in [-0.3, -0.25) is 0 Å². The molecule has 0 aromatic heterocycles. The average Bonchev–Trinajstić information content (AvgIpc) is 1.92. The van der Waals surface area contributed by atoms with Crippen molar-refractivity contribution >= 4 is 7.85 Å². The molecule has 0 saturated heterocycles. The van der Waals surface area contributed by atoms with Gasteiger partial charge in [0.2, 0.25) is 0 Å². The lowest BCUT2D eigenvalue weighted by molar-refractivity contribution is 0.530. The van der Waals surface area contributed by atoms with Gasteiger partial charge in [0, 0.05) is 0 Å². The van der Waals surface area contributed by atoms with E-state index in [9.17, 15) is 0 Å². The molecule has 1 fully saturated rings. The Kier molecular flexibility index (Phi) is 2.20. The van der Waals surface area contributed by atoms with Crippen molar-refractivity contribution in [2.75, 3.05) is 0 Å². The minimum Gasteiger partial charge on any atom is -0.0669 e. The average molecular weight is 124 g/mol. The molecule has 1 rings (SSSR count). The Balaban J connectivity index is 2.36. The summed E-state index contributed by atoms with van der Waals surface area (Å²) in [5, 5.41) is 0.663. The van der Waals surface area contributed by atoms with Gasteiger partial charge in [0.25, 0.3) is 0 Å². The van der Waals surface area contributed by atoms with E-state index in [1.165, 1.54) is 38.5 Å². The van der Waals surface area contributed by atoms with E-state index in [0.29, 0.717) is 5.31 Å². The topological polar surface area (TPSA) is 0 Å². The van der Waals surface area contributed by atoms with E-state index in [1.54, 1.807) is 0 Å². The minimum atomic E-state index is 0.663. The van der Waals surface area contributed by atoms with Crippen molar-refractivity contribution in [2.45, 2.75) is 50.8 Å². The molecule has 0 aromatic carbocycles. The van der Waals surface area contributed by atoms with E-state index in [2.05, 4.69) is 14.8 Å². The van der Waals surface area contributed by atoms with E-state index in [1.807, 2.05) is 0 Å². The predicted molar refractivity (Wildman–Crippen MR) is 44.6 cm³/mol. The lowest BCUT2D eigenvalue weighted by Crippen LogP contribution is -2.05. The Hall–Kier alpha value is 0.0649. The lowest BCUT2D eigenvalue weighted by Gasteiger charge is -2.20. The molecule has 1 aliphatic carbocycles. The predicted octanol–water partition coefficient (Wildman–Crippen LogP) is 2.15. The number of hydrogen-bond acceptors (Lipinski definition) is 0. The fourth-order valence-electron chi connectivity index (χ4n) is 1.69. The molecular weight excluding hydrogens is 107 g/mol. The molecule has 0 aliphatic heterocycles. The molecule has 1 saturated carbocycles. The Labute approximate surface area is 59.4 Å². The van der Waals surface area contributed by atoms with Crippen molar-refractivity contribution in [3.8, 4) is 0 Å². The van der Waals surface area contributed by atoms with Crippen LogP contribution in [-0.4, -0.2) is 7.85 Å². The maximum absolute atomic E-state index is 2.40. The van der Waals surface area contributed by atoms with E-state index in [0.717, 1.165) is 0 Å². The van der Waals surface area contributed by atoms with E-state index in [4.69, 9.17) is 0 Å². The summed E-state index contributed by atoms with van der Waals surface area (Å²) in [6.45, 7) is 2.40. The second-order valence-electron chi connectivity index (χ2n) is 4.08. The highest BCUT2D eigenvalue weighted by atomic mass is 14.2. The fraction of sp³-hybridized carbons (Fsp3) is 1.00. The monoisotopic (exact) mass is 124 g/mol. The van der Waals surface area contributed by atoms with Gasteiger partial charge in [-0.2, -0.15) is 0 Å². The zero-order valence-electron chi connectivity index (χ0n) is 6.74. The third kappa shape index (κ3) is 2.42. The highest BCUT2D eigenvalue weighted by Crippen LogP contribution is 2.37. The zero-order chi connectivity index (χ0) is 6.74. The Morgan fingerprint density at radius 3 is 1.89 bits per heavy atom. The van der Waals surface area contributed by atoms with Gasteiger partial charge in [0.05, 0.1) is 0 Å². The SMILES string of the molecule is BC1(C)CCCCCC1. The van der Waals surface area contributed by atoms with Crippen molar-refractivity contribution in [3.05, 3.63) is 0 Å². The molecule has 0 bridgehead atoms. The molecule has 0 radical (unpaired) electrons. The van der Waals surface area contributed by atoms with Gasteiger partial charge in [-0.05, 0) is 0 Å². The first-order valence-corrected chi connectivity index (χ1v) is 4.21. The largest absolute Gasteiger partial charge is 0.109 e. The Morgan fingerprint density at radius 1 is 1.00 bits per heavy atom. The first-order chi connectivity index (χ1) is 4.21. The lowest BCUT2D eigenvalue weighted by atomic mass is 9.66. The molecule has 0 unspecified atom stereocenters. The number of hydrogen-bond donors (Lipinski definition) is 0. The molecule has 52 valence electrons. The van der Waals surface area contributed by atoms with Crippen LogP contribution in [0.5, 0.6) is 0 Å². The molecule has 0 aromatic rings. The molecule has 0 heterocycles. The highest BCUT2D eigenvalue weighted by Gasteiger charge is 2.18. The third-order valence-electron chi connectivity index (χ3n) is 2.46. The standard InChI is InChI=1S/C8H17B/c1-8(9)6-4-2-3-5-7-8/h2-7,9H2,1H3. The Morgan fingerprint density at radius 2 is 1.44 bits per heavy atom. The summed E-state index contributed by atoms with van der Waals surface area (Å²) < 4.78 is 0. The van der Waals surface area contributed by atoms with Crippen LogP contribution in [0.2, 0.25) is 5.31 Å². The van der Waals surface area contributed by atoms with Gasteiger partial charge >= 0.3 is 0 Å². The maximum Gasteiger partial charge on any atom is 0.109 e. The minimum absolute atomic E-state index is 0.663. The summed E-state index contributed by atoms with van der Waals surface area (Å²) in [7, 11) is 2.40.